The summed E-state index contributed by atoms with van der Waals surface area (Å²) in [4.78, 5) is 19.8. The molecule has 0 amide bonds. The van der Waals surface area contributed by atoms with Gasteiger partial charge in [-0.3, -0.25) is 0 Å². The molecule has 0 spiro atoms. The fourth-order valence-electron chi connectivity index (χ4n) is 0.520. The zero-order chi connectivity index (χ0) is 8.85. The number of aliphatic carboxylic acids is 1. The Balaban J connectivity index is 3.53. The molecule has 5 nitrogen and oxygen atoms in total. The summed E-state index contributed by atoms with van der Waals surface area (Å²) in [6.45, 7) is 0. The van der Waals surface area contributed by atoms with Gasteiger partial charge in [-0.25, -0.2) is 4.79 Å². The first-order valence-electron chi connectivity index (χ1n) is 3.12. The Kier molecular flexibility index (Phi) is 4.40. The fraction of sp³-hybridized carbons (Fsp3) is 0.667. The van der Waals surface area contributed by atoms with Gasteiger partial charge >= 0.3 is 5.97 Å². The van der Waals surface area contributed by atoms with Gasteiger partial charge in [-0.2, -0.15) is 0 Å². The van der Waals surface area contributed by atoms with Crippen molar-refractivity contribution in [3.05, 3.63) is 0 Å². The highest BCUT2D eigenvalue weighted by Crippen LogP contribution is 1.99. The topological polar surface area (TPSA) is 94.8 Å². The van der Waals surface area contributed by atoms with Gasteiger partial charge in [0.15, 0.2) is 6.10 Å². The van der Waals surface area contributed by atoms with Crippen LogP contribution in [0.5, 0.6) is 0 Å². The standard InChI is InChI=1S/C6H10O5/c7-3-4(8)1-2-5(9)6(10)11/h3-5,8-9H,1-2H2,(H,10,11)/t4-,5+/m1/s1. The Labute approximate surface area is 63.3 Å². The van der Waals surface area contributed by atoms with E-state index in [4.69, 9.17) is 15.3 Å². The van der Waals surface area contributed by atoms with Gasteiger partial charge in [-0.15, -0.1) is 0 Å². The van der Waals surface area contributed by atoms with Crippen LogP contribution >= 0.6 is 0 Å². The van der Waals surface area contributed by atoms with Crippen molar-refractivity contribution in [2.75, 3.05) is 0 Å². The maximum atomic E-state index is 9.98. The van der Waals surface area contributed by atoms with E-state index in [0.29, 0.717) is 6.29 Å². The van der Waals surface area contributed by atoms with E-state index in [9.17, 15) is 9.59 Å². The van der Waals surface area contributed by atoms with Crippen LogP contribution in [0, 0.1) is 0 Å². The van der Waals surface area contributed by atoms with Crippen molar-refractivity contribution < 1.29 is 24.9 Å². The minimum Gasteiger partial charge on any atom is -0.479 e. The van der Waals surface area contributed by atoms with Gasteiger partial charge in [-0.05, 0) is 12.8 Å². The SMILES string of the molecule is O=C[C@H](O)CC[C@H](O)C(=O)O. The van der Waals surface area contributed by atoms with Crippen molar-refractivity contribution in [1.82, 2.24) is 0 Å². The van der Waals surface area contributed by atoms with Gasteiger partial charge in [0.2, 0.25) is 0 Å². The van der Waals surface area contributed by atoms with Crippen molar-refractivity contribution in [2.45, 2.75) is 25.0 Å². The normalized spacial score (nSPS) is 15.5. The lowest BCUT2D eigenvalue weighted by molar-refractivity contribution is -0.147. The molecule has 0 aliphatic rings. The van der Waals surface area contributed by atoms with E-state index in [-0.39, 0.29) is 12.8 Å². The number of hydrogen-bond donors (Lipinski definition) is 3. The molecule has 0 saturated heterocycles. The third-order valence-corrected chi connectivity index (χ3v) is 1.18. The van der Waals surface area contributed by atoms with E-state index in [1.807, 2.05) is 0 Å². The summed E-state index contributed by atoms with van der Waals surface area (Å²) in [7, 11) is 0. The Morgan fingerprint density at radius 2 is 1.91 bits per heavy atom. The maximum Gasteiger partial charge on any atom is 0.332 e. The summed E-state index contributed by atoms with van der Waals surface area (Å²) in [5.74, 6) is -1.34. The highest BCUT2D eigenvalue weighted by molar-refractivity contribution is 5.71. The molecule has 0 radical (unpaired) electrons. The van der Waals surface area contributed by atoms with Crippen LogP contribution in [0.15, 0.2) is 0 Å². The van der Waals surface area contributed by atoms with Gasteiger partial charge in [0, 0.05) is 0 Å². The number of aldehydes is 1. The molecule has 11 heavy (non-hydrogen) atoms. The number of aliphatic hydroxyl groups is 2. The van der Waals surface area contributed by atoms with Gasteiger partial charge in [0.25, 0.3) is 0 Å². The summed E-state index contributed by atoms with van der Waals surface area (Å²) in [5, 5.41) is 25.4. The molecule has 0 rings (SSSR count). The van der Waals surface area contributed by atoms with Crippen LogP contribution in [0.4, 0.5) is 0 Å². The maximum absolute atomic E-state index is 9.98. The van der Waals surface area contributed by atoms with Crippen molar-refractivity contribution in [3.63, 3.8) is 0 Å². The van der Waals surface area contributed by atoms with Gasteiger partial charge in [0.1, 0.15) is 12.4 Å². The minimum absolute atomic E-state index is 0.0308. The number of carboxylic acids is 1. The zero-order valence-electron chi connectivity index (χ0n) is 5.80. The van der Waals surface area contributed by atoms with E-state index in [1.165, 1.54) is 0 Å². The number of carboxylic acid groups (broad SMARTS) is 1. The molecule has 0 saturated carbocycles. The Morgan fingerprint density at radius 1 is 1.36 bits per heavy atom. The number of rotatable bonds is 5. The lowest BCUT2D eigenvalue weighted by Crippen LogP contribution is -2.21. The second kappa shape index (κ2) is 4.81. The third kappa shape index (κ3) is 4.46. The molecule has 0 aromatic heterocycles. The van der Waals surface area contributed by atoms with Crippen LogP contribution in [-0.4, -0.2) is 39.8 Å². The number of hydrogen-bond acceptors (Lipinski definition) is 4. The third-order valence-electron chi connectivity index (χ3n) is 1.18. The van der Waals surface area contributed by atoms with E-state index in [2.05, 4.69) is 0 Å². The van der Waals surface area contributed by atoms with Crippen LogP contribution in [0.2, 0.25) is 0 Å². The van der Waals surface area contributed by atoms with Crippen molar-refractivity contribution in [1.29, 1.82) is 0 Å². The van der Waals surface area contributed by atoms with Crippen LogP contribution in [-0.2, 0) is 9.59 Å². The van der Waals surface area contributed by atoms with Crippen molar-refractivity contribution >= 4 is 12.3 Å². The highest BCUT2D eigenvalue weighted by atomic mass is 16.4. The molecular weight excluding hydrogens is 152 g/mol. The summed E-state index contributed by atoms with van der Waals surface area (Å²) < 4.78 is 0. The van der Waals surface area contributed by atoms with E-state index in [1.54, 1.807) is 0 Å². The molecule has 0 fully saturated rings. The largest absolute Gasteiger partial charge is 0.479 e. The summed E-state index contributed by atoms with van der Waals surface area (Å²) in [6.07, 6.45) is -2.52. The monoisotopic (exact) mass is 162 g/mol. The molecule has 5 heteroatoms. The van der Waals surface area contributed by atoms with E-state index >= 15 is 0 Å². The molecule has 0 heterocycles. The van der Waals surface area contributed by atoms with Crippen molar-refractivity contribution in [2.24, 2.45) is 0 Å². The number of aliphatic hydroxyl groups excluding tert-OH is 2. The number of carbonyl (C=O) groups is 2. The molecule has 0 aliphatic heterocycles. The first kappa shape index (κ1) is 10.1. The zero-order valence-corrected chi connectivity index (χ0v) is 5.80. The molecule has 2 atom stereocenters. The molecule has 0 bridgehead atoms. The average Bonchev–Trinajstić information content (AvgIpc) is 1.99. The Morgan fingerprint density at radius 3 is 2.27 bits per heavy atom. The van der Waals surface area contributed by atoms with E-state index < -0.39 is 18.2 Å². The molecule has 0 aromatic rings. The molecule has 64 valence electrons. The second-order valence-corrected chi connectivity index (χ2v) is 2.13. The summed E-state index contributed by atoms with van der Waals surface area (Å²) in [5.41, 5.74) is 0. The van der Waals surface area contributed by atoms with Crippen LogP contribution in [0.1, 0.15) is 12.8 Å². The fourth-order valence-corrected chi connectivity index (χ4v) is 0.520. The predicted molar refractivity (Wildman–Crippen MR) is 34.9 cm³/mol. The molecule has 0 aromatic carbocycles. The lowest BCUT2D eigenvalue weighted by atomic mass is 10.1. The molecule has 0 unspecified atom stereocenters. The van der Waals surface area contributed by atoms with Crippen LogP contribution < -0.4 is 0 Å². The van der Waals surface area contributed by atoms with Gasteiger partial charge < -0.3 is 20.1 Å². The van der Waals surface area contributed by atoms with Crippen LogP contribution in [0.3, 0.4) is 0 Å². The first-order chi connectivity index (χ1) is 5.07. The number of carbonyl (C=O) groups excluding carboxylic acids is 1. The van der Waals surface area contributed by atoms with Crippen LogP contribution in [0.25, 0.3) is 0 Å². The first-order valence-corrected chi connectivity index (χ1v) is 3.12. The highest BCUT2D eigenvalue weighted by Gasteiger charge is 2.14. The Bertz CT molecular complexity index is 144. The smallest absolute Gasteiger partial charge is 0.332 e. The summed E-state index contributed by atoms with van der Waals surface area (Å²) in [6, 6.07) is 0. The lowest BCUT2D eigenvalue weighted by Gasteiger charge is -2.05. The Hall–Kier alpha value is -0.940. The molecule has 0 aliphatic carbocycles. The predicted octanol–water partition coefficient (Wildman–Crippen LogP) is -1.23. The quantitative estimate of drug-likeness (QED) is 0.440. The molecular formula is C6H10O5. The van der Waals surface area contributed by atoms with E-state index in [0.717, 1.165) is 0 Å². The molecule has 3 N–H and O–H groups in total. The van der Waals surface area contributed by atoms with Gasteiger partial charge in [0.05, 0.1) is 0 Å². The van der Waals surface area contributed by atoms with Gasteiger partial charge in [-0.1, -0.05) is 0 Å². The second-order valence-electron chi connectivity index (χ2n) is 2.13. The average molecular weight is 162 g/mol. The van der Waals surface area contributed by atoms with Crippen molar-refractivity contribution in [3.8, 4) is 0 Å². The minimum atomic E-state index is -1.50. The summed E-state index contributed by atoms with van der Waals surface area (Å²) >= 11 is 0.